The lowest BCUT2D eigenvalue weighted by Crippen LogP contribution is -2.04. The van der Waals surface area contributed by atoms with Gasteiger partial charge in [-0.15, -0.1) is 0 Å². The highest BCUT2D eigenvalue weighted by atomic mass is 14.3. The summed E-state index contributed by atoms with van der Waals surface area (Å²) >= 11 is 0. The van der Waals surface area contributed by atoms with Crippen LogP contribution in [0.25, 0.3) is 0 Å². The molecule has 1 fully saturated rings. The predicted molar refractivity (Wildman–Crippen MR) is 36.4 cm³/mol. The van der Waals surface area contributed by atoms with E-state index in [1.54, 1.807) is 0 Å². The van der Waals surface area contributed by atoms with Crippen molar-refractivity contribution in [2.45, 2.75) is 25.7 Å². The third-order valence-electron chi connectivity index (χ3n) is 2.13. The van der Waals surface area contributed by atoms with Crippen molar-refractivity contribution in [1.29, 1.82) is 5.26 Å². The predicted octanol–water partition coefficient (Wildman–Crippen LogP) is 2.15. The summed E-state index contributed by atoms with van der Waals surface area (Å²) in [6, 6.07) is 2.20. The van der Waals surface area contributed by atoms with Gasteiger partial charge in [0.15, 0.2) is 0 Å². The van der Waals surface area contributed by atoms with Crippen molar-refractivity contribution in [1.82, 2.24) is 0 Å². The zero-order valence-electron chi connectivity index (χ0n) is 5.64. The fourth-order valence-electron chi connectivity index (χ4n) is 1.47. The number of rotatable bonds is 1. The van der Waals surface area contributed by atoms with Crippen LogP contribution in [-0.2, 0) is 0 Å². The lowest BCUT2D eigenvalue weighted by Gasteiger charge is -2.08. The first-order valence-electron chi connectivity index (χ1n) is 3.57. The number of nitriles is 1. The molecule has 0 unspecified atom stereocenters. The molecular formula is C8H12N. The minimum absolute atomic E-state index is 0.0486. The summed E-state index contributed by atoms with van der Waals surface area (Å²) in [5.74, 6) is 0.655. The molecule has 49 valence electrons. The summed E-state index contributed by atoms with van der Waals surface area (Å²) in [5, 5.41) is 8.48. The molecule has 0 aromatic carbocycles. The molecule has 0 spiro atoms. The maximum absolute atomic E-state index is 8.48. The molecule has 0 aliphatic heterocycles. The minimum atomic E-state index is 0.0486. The van der Waals surface area contributed by atoms with Crippen LogP contribution in [0, 0.1) is 30.1 Å². The molecule has 0 saturated heterocycles. The molecule has 1 atom stereocenters. The van der Waals surface area contributed by atoms with Gasteiger partial charge in [0.1, 0.15) is 0 Å². The van der Waals surface area contributed by atoms with E-state index in [2.05, 4.69) is 13.0 Å². The molecule has 1 heteroatoms. The summed E-state index contributed by atoms with van der Waals surface area (Å²) in [4.78, 5) is 0. The van der Waals surface area contributed by atoms with Crippen molar-refractivity contribution >= 4 is 0 Å². The SMILES string of the molecule is [CH2][C@H](C#N)C1CCCC1. The Balaban J connectivity index is 2.34. The summed E-state index contributed by atoms with van der Waals surface area (Å²) in [6.45, 7) is 3.78. The Morgan fingerprint density at radius 3 is 2.44 bits per heavy atom. The zero-order valence-corrected chi connectivity index (χ0v) is 5.64. The van der Waals surface area contributed by atoms with Crippen molar-refractivity contribution in [3.63, 3.8) is 0 Å². The second-order valence-corrected chi connectivity index (χ2v) is 2.78. The largest absolute Gasteiger partial charge is 0.198 e. The summed E-state index contributed by atoms with van der Waals surface area (Å²) in [5.41, 5.74) is 0. The number of nitrogens with zero attached hydrogens (tertiary/aromatic N) is 1. The molecule has 1 rings (SSSR count). The number of hydrogen-bond acceptors (Lipinski definition) is 1. The normalized spacial score (nSPS) is 23.6. The van der Waals surface area contributed by atoms with Gasteiger partial charge in [-0.05, 0) is 25.7 Å². The zero-order chi connectivity index (χ0) is 6.69. The van der Waals surface area contributed by atoms with Crippen LogP contribution in [0.1, 0.15) is 25.7 Å². The smallest absolute Gasteiger partial charge is 0.0658 e. The van der Waals surface area contributed by atoms with Crippen LogP contribution in [0.3, 0.4) is 0 Å². The van der Waals surface area contributed by atoms with Crippen molar-refractivity contribution in [2.75, 3.05) is 0 Å². The average Bonchev–Trinajstić information content (AvgIpc) is 2.37. The molecule has 9 heavy (non-hydrogen) atoms. The van der Waals surface area contributed by atoms with Gasteiger partial charge in [0, 0.05) is 5.92 Å². The third-order valence-corrected chi connectivity index (χ3v) is 2.13. The summed E-state index contributed by atoms with van der Waals surface area (Å²) in [6.07, 6.45) is 5.06. The first kappa shape index (κ1) is 6.61. The lowest BCUT2D eigenvalue weighted by molar-refractivity contribution is 0.475. The molecule has 1 saturated carbocycles. The average molecular weight is 122 g/mol. The Hall–Kier alpha value is -0.510. The monoisotopic (exact) mass is 122 g/mol. The Morgan fingerprint density at radius 2 is 2.00 bits per heavy atom. The standard InChI is InChI=1S/C8H12N/c1-7(6-9)8-4-2-3-5-8/h7-8H,1-5H2/t7-/m1/s1. The second kappa shape index (κ2) is 2.87. The highest BCUT2D eigenvalue weighted by molar-refractivity contribution is 4.91. The maximum Gasteiger partial charge on any atom is 0.0658 e. The minimum Gasteiger partial charge on any atom is -0.198 e. The first-order chi connectivity index (χ1) is 4.34. The molecule has 1 aliphatic carbocycles. The molecule has 0 bridgehead atoms. The molecule has 1 aliphatic rings. The summed E-state index contributed by atoms with van der Waals surface area (Å²) in [7, 11) is 0. The quantitative estimate of drug-likeness (QED) is 0.522. The highest BCUT2D eigenvalue weighted by Crippen LogP contribution is 2.30. The Bertz CT molecular complexity index is 117. The van der Waals surface area contributed by atoms with Gasteiger partial charge in [0.05, 0.1) is 6.07 Å². The number of hydrogen-bond donors (Lipinski definition) is 0. The summed E-state index contributed by atoms with van der Waals surface area (Å²) < 4.78 is 0. The molecule has 0 N–H and O–H groups in total. The maximum atomic E-state index is 8.48. The van der Waals surface area contributed by atoms with Crippen LogP contribution >= 0.6 is 0 Å². The van der Waals surface area contributed by atoms with E-state index in [0.717, 1.165) is 0 Å². The van der Waals surface area contributed by atoms with Gasteiger partial charge in [-0.1, -0.05) is 12.8 Å². The van der Waals surface area contributed by atoms with Gasteiger partial charge in [-0.25, -0.2) is 0 Å². The van der Waals surface area contributed by atoms with Crippen LogP contribution in [0.2, 0.25) is 0 Å². The molecule has 1 nitrogen and oxygen atoms in total. The Kier molecular flexibility index (Phi) is 2.10. The highest BCUT2D eigenvalue weighted by Gasteiger charge is 2.20. The van der Waals surface area contributed by atoms with Gasteiger partial charge in [0.25, 0.3) is 0 Å². The Morgan fingerprint density at radius 1 is 1.44 bits per heavy atom. The Labute approximate surface area is 56.7 Å². The molecule has 0 aromatic rings. The van der Waals surface area contributed by atoms with E-state index in [-0.39, 0.29) is 5.92 Å². The molecular weight excluding hydrogens is 110 g/mol. The molecule has 0 heterocycles. The van der Waals surface area contributed by atoms with Gasteiger partial charge in [0.2, 0.25) is 0 Å². The van der Waals surface area contributed by atoms with E-state index >= 15 is 0 Å². The molecule has 0 amide bonds. The lowest BCUT2D eigenvalue weighted by atomic mass is 9.94. The van der Waals surface area contributed by atoms with Gasteiger partial charge >= 0.3 is 0 Å². The fourth-order valence-corrected chi connectivity index (χ4v) is 1.47. The van der Waals surface area contributed by atoms with Crippen LogP contribution in [0.15, 0.2) is 0 Å². The van der Waals surface area contributed by atoms with Crippen LogP contribution < -0.4 is 0 Å². The molecule has 0 aromatic heterocycles. The van der Waals surface area contributed by atoms with Crippen molar-refractivity contribution in [2.24, 2.45) is 11.8 Å². The van der Waals surface area contributed by atoms with E-state index in [1.165, 1.54) is 25.7 Å². The van der Waals surface area contributed by atoms with Crippen LogP contribution in [0.5, 0.6) is 0 Å². The van der Waals surface area contributed by atoms with Crippen molar-refractivity contribution < 1.29 is 0 Å². The van der Waals surface area contributed by atoms with Crippen molar-refractivity contribution in [3.05, 3.63) is 6.92 Å². The van der Waals surface area contributed by atoms with E-state index < -0.39 is 0 Å². The third kappa shape index (κ3) is 1.45. The van der Waals surface area contributed by atoms with Gasteiger partial charge in [-0.3, -0.25) is 0 Å². The topological polar surface area (TPSA) is 23.8 Å². The van der Waals surface area contributed by atoms with E-state index in [1.807, 2.05) is 0 Å². The van der Waals surface area contributed by atoms with Crippen LogP contribution in [-0.4, -0.2) is 0 Å². The van der Waals surface area contributed by atoms with E-state index in [9.17, 15) is 0 Å². The second-order valence-electron chi connectivity index (χ2n) is 2.78. The van der Waals surface area contributed by atoms with Crippen molar-refractivity contribution in [3.8, 4) is 6.07 Å². The van der Waals surface area contributed by atoms with E-state index in [4.69, 9.17) is 5.26 Å². The van der Waals surface area contributed by atoms with E-state index in [0.29, 0.717) is 5.92 Å². The van der Waals surface area contributed by atoms with Crippen LogP contribution in [0.4, 0.5) is 0 Å². The fraction of sp³-hybridized carbons (Fsp3) is 0.750. The molecule has 1 radical (unpaired) electrons. The first-order valence-corrected chi connectivity index (χ1v) is 3.57. The van der Waals surface area contributed by atoms with Gasteiger partial charge < -0.3 is 0 Å². The van der Waals surface area contributed by atoms with Gasteiger partial charge in [-0.2, -0.15) is 5.26 Å².